The van der Waals surface area contributed by atoms with Crippen molar-refractivity contribution in [3.05, 3.63) is 22.4 Å². The van der Waals surface area contributed by atoms with Gasteiger partial charge in [0.15, 0.2) is 0 Å². The van der Waals surface area contributed by atoms with Gasteiger partial charge in [-0.2, -0.15) is 0 Å². The van der Waals surface area contributed by atoms with E-state index in [1.54, 1.807) is 19.1 Å². The summed E-state index contributed by atoms with van der Waals surface area (Å²) in [5.41, 5.74) is 0. The van der Waals surface area contributed by atoms with E-state index in [-0.39, 0.29) is 0 Å². The zero-order chi connectivity index (χ0) is 9.84. The van der Waals surface area contributed by atoms with Crippen molar-refractivity contribution in [2.75, 3.05) is 0 Å². The second-order valence-electron chi connectivity index (χ2n) is 2.81. The summed E-state index contributed by atoms with van der Waals surface area (Å²) in [6.07, 6.45) is -0.342. The first-order valence-electron chi connectivity index (χ1n) is 4.11. The number of hydrogen-bond acceptors (Lipinski definition) is 3. The highest BCUT2D eigenvalue weighted by Gasteiger charge is 2.27. The molecule has 1 aromatic heterocycles. The lowest BCUT2D eigenvalue weighted by molar-refractivity contribution is -0.141. The zero-order valence-electron chi connectivity index (χ0n) is 7.30. The third-order valence-corrected chi connectivity index (χ3v) is 2.87. The maximum atomic E-state index is 10.8. The van der Waals surface area contributed by atoms with Gasteiger partial charge >= 0.3 is 5.97 Å². The Bertz CT molecular complexity index is 268. The van der Waals surface area contributed by atoms with Crippen LogP contribution in [0.2, 0.25) is 0 Å². The summed E-state index contributed by atoms with van der Waals surface area (Å²) in [6.45, 7) is 1.77. The molecule has 0 amide bonds. The second-order valence-corrected chi connectivity index (χ2v) is 3.79. The van der Waals surface area contributed by atoms with Gasteiger partial charge in [0, 0.05) is 4.88 Å². The highest BCUT2D eigenvalue weighted by molar-refractivity contribution is 7.10. The van der Waals surface area contributed by atoms with Crippen LogP contribution in [-0.4, -0.2) is 22.3 Å². The van der Waals surface area contributed by atoms with Gasteiger partial charge < -0.3 is 10.2 Å². The molecule has 2 atom stereocenters. The van der Waals surface area contributed by atoms with Gasteiger partial charge in [0.1, 0.15) is 5.92 Å². The summed E-state index contributed by atoms with van der Waals surface area (Å²) < 4.78 is 0. The molecular formula is C9H12O3S. The molecule has 1 heterocycles. The molecule has 0 bridgehead atoms. The molecule has 0 aliphatic carbocycles. The van der Waals surface area contributed by atoms with E-state index in [1.165, 1.54) is 11.3 Å². The fourth-order valence-electron chi connectivity index (χ4n) is 1.18. The Balaban J connectivity index is 2.87. The minimum atomic E-state index is -0.961. The van der Waals surface area contributed by atoms with Gasteiger partial charge in [-0.15, -0.1) is 11.3 Å². The Morgan fingerprint density at radius 2 is 2.38 bits per heavy atom. The van der Waals surface area contributed by atoms with Gasteiger partial charge in [-0.1, -0.05) is 13.0 Å². The van der Waals surface area contributed by atoms with Crippen LogP contribution in [0.5, 0.6) is 0 Å². The molecule has 72 valence electrons. The fraction of sp³-hybridized carbons (Fsp3) is 0.444. The molecule has 0 aliphatic heterocycles. The van der Waals surface area contributed by atoms with Gasteiger partial charge in [0.2, 0.25) is 0 Å². The zero-order valence-corrected chi connectivity index (χ0v) is 8.12. The van der Waals surface area contributed by atoms with Gasteiger partial charge in [-0.3, -0.25) is 4.79 Å². The molecule has 2 N–H and O–H groups in total. The third kappa shape index (κ3) is 2.29. The van der Waals surface area contributed by atoms with E-state index >= 15 is 0 Å². The number of carboxylic acid groups (broad SMARTS) is 1. The first-order valence-corrected chi connectivity index (χ1v) is 4.99. The maximum absolute atomic E-state index is 10.8. The summed E-state index contributed by atoms with van der Waals surface area (Å²) in [5, 5.41) is 20.2. The van der Waals surface area contributed by atoms with E-state index in [1.807, 2.05) is 5.38 Å². The van der Waals surface area contributed by atoms with E-state index in [4.69, 9.17) is 5.11 Å². The Labute approximate surface area is 80.6 Å². The molecule has 0 saturated heterocycles. The lowest BCUT2D eigenvalue weighted by atomic mass is 9.99. The average molecular weight is 200 g/mol. The predicted molar refractivity (Wildman–Crippen MR) is 51.0 cm³/mol. The van der Waals surface area contributed by atoms with Crippen LogP contribution >= 0.6 is 11.3 Å². The minimum Gasteiger partial charge on any atom is -0.481 e. The number of rotatable bonds is 4. The standard InChI is InChI=1S/C9H12O3S/c1-2-6(10)8(9(11)12)7-4-3-5-13-7/h3-6,8,10H,2H2,1H3,(H,11,12). The molecule has 4 heteroatoms. The van der Waals surface area contributed by atoms with E-state index in [0.29, 0.717) is 11.3 Å². The maximum Gasteiger partial charge on any atom is 0.314 e. The van der Waals surface area contributed by atoms with Crippen LogP contribution in [0.1, 0.15) is 24.1 Å². The lowest BCUT2D eigenvalue weighted by Gasteiger charge is -2.15. The van der Waals surface area contributed by atoms with Crippen LogP contribution < -0.4 is 0 Å². The largest absolute Gasteiger partial charge is 0.481 e. The van der Waals surface area contributed by atoms with Crippen molar-refractivity contribution >= 4 is 17.3 Å². The number of hydrogen-bond donors (Lipinski definition) is 2. The highest BCUT2D eigenvalue weighted by Crippen LogP contribution is 2.26. The van der Waals surface area contributed by atoms with Crippen molar-refractivity contribution in [2.24, 2.45) is 0 Å². The van der Waals surface area contributed by atoms with Crippen molar-refractivity contribution in [3.63, 3.8) is 0 Å². The molecule has 3 nitrogen and oxygen atoms in total. The molecule has 1 rings (SSSR count). The quantitative estimate of drug-likeness (QED) is 0.777. The molecular weight excluding hydrogens is 188 g/mol. The Kier molecular flexibility index (Phi) is 3.45. The number of carbonyl (C=O) groups is 1. The number of aliphatic carboxylic acids is 1. The van der Waals surface area contributed by atoms with Crippen molar-refractivity contribution < 1.29 is 15.0 Å². The smallest absolute Gasteiger partial charge is 0.314 e. The number of carboxylic acids is 1. The molecule has 0 saturated carbocycles. The van der Waals surface area contributed by atoms with Crippen LogP contribution in [0.15, 0.2) is 17.5 Å². The Hall–Kier alpha value is -0.870. The highest BCUT2D eigenvalue weighted by atomic mass is 32.1. The summed E-state index contributed by atoms with van der Waals surface area (Å²) in [5.74, 6) is -1.73. The Morgan fingerprint density at radius 1 is 1.69 bits per heavy atom. The molecule has 0 radical (unpaired) electrons. The van der Waals surface area contributed by atoms with Crippen LogP contribution in [0.4, 0.5) is 0 Å². The van der Waals surface area contributed by atoms with E-state index in [9.17, 15) is 9.90 Å². The second kappa shape index (κ2) is 4.39. The van der Waals surface area contributed by atoms with Crippen molar-refractivity contribution in [3.8, 4) is 0 Å². The number of aliphatic hydroxyl groups is 1. The van der Waals surface area contributed by atoms with Gasteiger partial charge in [-0.05, 0) is 17.9 Å². The summed E-state index contributed by atoms with van der Waals surface area (Å²) in [7, 11) is 0. The fourth-order valence-corrected chi connectivity index (χ4v) is 2.06. The summed E-state index contributed by atoms with van der Waals surface area (Å²) in [4.78, 5) is 11.6. The summed E-state index contributed by atoms with van der Waals surface area (Å²) in [6, 6.07) is 3.53. The molecule has 0 aromatic carbocycles. The van der Waals surface area contributed by atoms with Crippen molar-refractivity contribution in [1.82, 2.24) is 0 Å². The number of aliphatic hydroxyl groups excluding tert-OH is 1. The van der Waals surface area contributed by atoms with Crippen LogP contribution in [0.25, 0.3) is 0 Å². The molecule has 1 aromatic rings. The molecule has 13 heavy (non-hydrogen) atoms. The third-order valence-electron chi connectivity index (χ3n) is 1.92. The topological polar surface area (TPSA) is 57.5 Å². The number of thiophene rings is 1. The molecule has 2 unspecified atom stereocenters. The molecule has 0 aliphatic rings. The van der Waals surface area contributed by atoms with Crippen LogP contribution in [0, 0.1) is 0 Å². The van der Waals surface area contributed by atoms with Crippen LogP contribution in [-0.2, 0) is 4.79 Å². The first-order chi connectivity index (χ1) is 6.16. The normalized spacial score (nSPS) is 15.2. The van der Waals surface area contributed by atoms with Gasteiger partial charge in [-0.25, -0.2) is 0 Å². The van der Waals surface area contributed by atoms with E-state index in [2.05, 4.69) is 0 Å². The van der Waals surface area contributed by atoms with Crippen molar-refractivity contribution in [2.45, 2.75) is 25.4 Å². The van der Waals surface area contributed by atoms with E-state index < -0.39 is 18.0 Å². The molecule has 0 spiro atoms. The summed E-state index contributed by atoms with van der Waals surface area (Å²) >= 11 is 1.36. The predicted octanol–water partition coefficient (Wildman–Crippen LogP) is 1.69. The van der Waals surface area contributed by atoms with Gasteiger partial charge in [0.05, 0.1) is 6.10 Å². The van der Waals surface area contributed by atoms with Crippen molar-refractivity contribution in [1.29, 1.82) is 0 Å². The lowest BCUT2D eigenvalue weighted by Crippen LogP contribution is -2.24. The Morgan fingerprint density at radius 3 is 2.77 bits per heavy atom. The average Bonchev–Trinajstić information content (AvgIpc) is 2.56. The van der Waals surface area contributed by atoms with Gasteiger partial charge in [0.25, 0.3) is 0 Å². The van der Waals surface area contributed by atoms with E-state index in [0.717, 1.165) is 0 Å². The SMILES string of the molecule is CCC(O)C(C(=O)O)c1cccs1. The molecule has 0 fully saturated rings. The minimum absolute atomic E-state index is 0.453. The van der Waals surface area contributed by atoms with Crippen LogP contribution in [0.3, 0.4) is 0 Å². The monoisotopic (exact) mass is 200 g/mol. The first kappa shape index (κ1) is 10.2.